The summed E-state index contributed by atoms with van der Waals surface area (Å²) in [6.45, 7) is 4.93. The molecule has 2 rings (SSSR count). The number of rotatable bonds is 2. The lowest BCUT2D eigenvalue weighted by molar-refractivity contribution is 0.202. The second-order valence-corrected chi connectivity index (χ2v) is 9.78. The standard InChI is InChI=1S/C15H26I2/c1-10-7-12(3-5-14(10)16)9-13-4-6-15(17)11(2)8-13/h10-15H,3-9H2,1-2H3. The van der Waals surface area contributed by atoms with E-state index in [4.69, 9.17) is 0 Å². The summed E-state index contributed by atoms with van der Waals surface area (Å²) in [5.41, 5.74) is 0. The van der Waals surface area contributed by atoms with E-state index in [0.717, 1.165) is 31.5 Å². The van der Waals surface area contributed by atoms with Crippen molar-refractivity contribution in [2.75, 3.05) is 0 Å². The molecule has 0 heterocycles. The van der Waals surface area contributed by atoms with Gasteiger partial charge in [-0.05, 0) is 68.6 Å². The summed E-state index contributed by atoms with van der Waals surface area (Å²) < 4.78 is 1.90. The van der Waals surface area contributed by atoms with Crippen molar-refractivity contribution in [3.63, 3.8) is 0 Å². The highest BCUT2D eigenvalue weighted by Crippen LogP contribution is 2.41. The van der Waals surface area contributed by atoms with Gasteiger partial charge in [0.05, 0.1) is 0 Å². The Balaban J connectivity index is 1.78. The van der Waals surface area contributed by atoms with Crippen LogP contribution in [0, 0.1) is 23.7 Å². The maximum absolute atomic E-state index is 2.67. The molecule has 0 radical (unpaired) electrons. The average molecular weight is 460 g/mol. The molecule has 0 aromatic rings. The minimum absolute atomic E-state index is 0.952. The van der Waals surface area contributed by atoms with Gasteiger partial charge in [0.2, 0.25) is 0 Å². The Kier molecular flexibility index (Phi) is 5.91. The van der Waals surface area contributed by atoms with Crippen LogP contribution in [0.2, 0.25) is 0 Å². The quantitative estimate of drug-likeness (QED) is 0.358. The van der Waals surface area contributed by atoms with E-state index < -0.39 is 0 Å². The normalized spacial score (nSPS) is 48.0. The van der Waals surface area contributed by atoms with Crippen LogP contribution in [-0.2, 0) is 0 Å². The summed E-state index contributed by atoms with van der Waals surface area (Å²) in [5, 5.41) is 0. The molecule has 6 atom stereocenters. The molecule has 0 amide bonds. The van der Waals surface area contributed by atoms with Crippen LogP contribution >= 0.6 is 45.2 Å². The smallest absolute Gasteiger partial charge is 0.0135 e. The van der Waals surface area contributed by atoms with Crippen LogP contribution in [0.15, 0.2) is 0 Å². The summed E-state index contributed by atoms with van der Waals surface area (Å²) in [6.07, 6.45) is 10.5. The largest absolute Gasteiger partial charge is 0.0823 e. The van der Waals surface area contributed by atoms with E-state index in [1.807, 2.05) is 0 Å². The van der Waals surface area contributed by atoms with Gasteiger partial charge in [-0.15, -0.1) is 0 Å². The molecule has 2 saturated carbocycles. The van der Waals surface area contributed by atoms with Crippen molar-refractivity contribution in [3.8, 4) is 0 Å². The van der Waals surface area contributed by atoms with Crippen LogP contribution in [0.25, 0.3) is 0 Å². The van der Waals surface area contributed by atoms with Gasteiger partial charge in [-0.25, -0.2) is 0 Å². The first-order valence-corrected chi connectivity index (χ1v) is 9.83. The molecule has 0 aromatic heterocycles. The lowest BCUT2D eigenvalue weighted by Gasteiger charge is -2.36. The molecular weight excluding hydrogens is 434 g/mol. The first kappa shape index (κ1) is 14.9. The maximum Gasteiger partial charge on any atom is 0.0135 e. The van der Waals surface area contributed by atoms with Gasteiger partial charge in [0.15, 0.2) is 0 Å². The molecule has 100 valence electrons. The summed E-state index contributed by atoms with van der Waals surface area (Å²) in [5.74, 6) is 4.04. The lowest BCUT2D eigenvalue weighted by Crippen LogP contribution is -2.28. The van der Waals surface area contributed by atoms with Crippen LogP contribution in [0.4, 0.5) is 0 Å². The second-order valence-electron chi connectivity index (χ2n) is 6.58. The summed E-state index contributed by atoms with van der Waals surface area (Å²) in [4.78, 5) is 0. The Morgan fingerprint density at radius 3 is 1.53 bits per heavy atom. The van der Waals surface area contributed by atoms with E-state index in [1.54, 1.807) is 6.42 Å². The van der Waals surface area contributed by atoms with Gasteiger partial charge >= 0.3 is 0 Å². The molecule has 17 heavy (non-hydrogen) atoms. The maximum atomic E-state index is 2.67. The molecular formula is C15H26I2. The van der Waals surface area contributed by atoms with Gasteiger partial charge < -0.3 is 0 Å². The van der Waals surface area contributed by atoms with Crippen molar-refractivity contribution in [1.82, 2.24) is 0 Å². The van der Waals surface area contributed by atoms with Gasteiger partial charge in [0, 0.05) is 7.85 Å². The van der Waals surface area contributed by atoms with Gasteiger partial charge in [-0.1, -0.05) is 59.0 Å². The highest BCUT2D eigenvalue weighted by atomic mass is 127. The average Bonchev–Trinajstić information content (AvgIpc) is 2.29. The Morgan fingerprint density at radius 1 is 0.765 bits per heavy atom. The van der Waals surface area contributed by atoms with Crippen LogP contribution in [0.5, 0.6) is 0 Å². The van der Waals surface area contributed by atoms with Gasteiger partial charge in [0.25, 0.3) is 0 Å². The molecule has 2 heteroatoms. The third-order valence-corrected chi connectivity index (χ3v) is 8.71. The molecule has 0 saturated heterocycles. The fourth-order valence-corrected chi connectivity index (χ4v) is 5.15. The zero-order chi connectivity index (χ0) is 12.4. The molecule has 2 aliphatic carbocycles. The summed E-state index contributed by atoms with van der Waals surface area (Å²) in [7, 11) is 0. The molecule has 0 spiro atoms. The topological polar surface area (TPSA) is 0 Å². The van der Waals surface area contributed by atoms with E-state index in [-0.39, 0.29) is 0 Å². The van der Waals surface area contributed by atoms with Crippen LogP contribution in [0.1, 0.15) is 58.8 Å². The first-order valence-electron chi connectivity index (χ1n) is 7.34. The molecule has 2 aliphatic rings. The van der Waals surface area contributed by atoms with Crippen molar-refractivity contribution >= 4 is 45.2 Å². The van der Waals surface area contributed by atoms with E-state index >= 15 is 0 Å². The fourth-order valence-electron chi connectivity index (χ4n) is 3.84. The second kappa shape index (κ2) is 6.76. The number of halogens is 2. The van der Waals surface area contributed by atoms with E-state index in [1.165, 1.54) is 38.5 Å². The molecule has 6 unspecified atom stereocenters. The van der Waals surface area contributed by atoms with Crippen LogP contribution < -0.4 is 0 Å². The zero-order valence-corrected chi connectivity index (χ0v) is 15.5. The van der Waals surface area contributed by atoms with Crippen molar-refractivity contribution in [1.29, 1.82) is 0 Å². The molecule has 0 aliphatic heterocycles. The molecule has 0 bridgehead atoms. The molecule has 0 aromatic carbocycles. The van der Waals surface area contributed by atoms with E-state index in [2.05, 4.69) is 59.0 Å². The summed E-state index contributed by atoms with van der Waals surface area (Å²) in [6, 6.07) is 0. The Labute approximate surface area is 134 Å². The predicted molar refractivity (Wildman–Crippen MR) is 93.2 cm³/mol. The zero-order valence-electron chi connectivity index (χ0n) is 11.2. The minimum Gasteiger partial charge on any atom is -0.0823 e. The SMILES string of the molecule is CC1CC(CC2CCC(I)C(C)C2)CCC1I. The van der Waals surface area contributed by atoms with Crippen LogP contribution in [0.3, 0.4) is 0 Å². The monoisotopic (exact) mass is 460 g/mol. The van der Waals surface area contributed by atoms with E-state index in [0.29, 0.717) is 0 Å². The predicted octanol–water partition coefficient (Wildman–Crippen LogP) is 5.86. The Morgan fingerprint density at radius 2 is 1.18 bits per heavy atom. The van der Waals surface area contributed by atoms with E-state index in [9.17, 15) is 0 Å². The fraction of sp³-hybridized carbons (Fsp3) is 1.00. The van der Waals surface area contributed by atoms with Crippen molar-refractivity contribution in [2.24, 2.45) is 23.7 Å². The van der Waals surface area contributed by atoms with Gasteiger partial charge in [-0.2, -0.15) is 0 Å². The first-order chi connectivity index (χ1) is 8.06. The van der Waals surface area contributed by atoms with Crippen molar-refractivity contribution in [3.05, 3.63) is 0 Å². The molecule has 0 N–H and O–H groups in total. The minimum atomic E-state index is 0.952. The molecule has 0 nitrogen and oxygen atoms in total. The Hall–Kier alpha value is 1.46. The van der Waals surface area contributed by atoms with Crippen molar-refractivity contribution in [2.45, 2.75) is 66.6 Å². The van der Waals surface area contributed by atoms with Gasteiger partial charge in [0.1, 0.15) is 0 Å². The number of hydrogen-bond donors (Lipinski definition) is 0. The number of alkyl halides is 2. The van der Waals surface area contributed by atoms with Crippen molar-refractivity contribution < 1.29 is 0 Å². The third kappa shape index (κ3) is 4.22. The summed E-state index contributed by atoms with van der Waals surface area (Å²) >= 11 is 5.34. The van der Waals surface area contributed by atoms with Gasteiger partial charge in [-0.3, -0.25) is 0 Å². The lowest BCUT2D eigenvalue weighted by atomic mass is 9.73. The Bertz CT molecular complexity index is 217. The highest BCUT2D eigenvalue weighted by Gasteiger charge is 2.30. The third-order valence-electron chi connectivity index (χ3n) is 5.01. The highest BCUT2D eigenvalue weighted by molar-refractivity contribution is 14.1. The molecule has 2 fully saturated rings. The number of hydrogen-bond acceptors (Lipinski definition) is 0. The van der Waals surface area contributed by atoms with Crippen LogP contribution in [-0.4, -0.2) is 7.85 Å².